The first-order valence-corrected chi connectivity index (χ1v) is 12.2. The molecule has 4 rings (SSSR count). The van der Waals surface area contributed by atoms with E-state index in [0.717, 1.165) is 48.9 Å². The second kappa shape index (κ2) is 10.1. The highest BCUT2D eigenvalue weighted by Gasteiger charge is 2.38. The summed E-state index contributed by atoms with van der Waals surface area (Å²) in [5.41, 5.74) is 8.84. The van der Waals surface area contributed by atoms with Gasteiger partial charge in [-0.2, -0.15) is 0 Å². The van der Waals surface area contributed by atoms with E-state index in [-0.39, 0.29) is 17.7 Å². The van der Waals surface area contributed by atoms with Gasteiger partial charge in [0.1, 0.15) is 11.7 Å². The van der Waals surface area contributed by atoms with Gasteiger partial charge >= 0.3 is 0 Å². The molecule has 1 saturated carbocycles. The number of benzene rings is 1. The smallest absolute Gasteiger partial charge is 0.243 e. The third-order valence-electron chi connectivity index (χ3n) is 6.44. The highest BCUT2D eigenvalue weighted by molar-refractivity contribution is 7.03. The van der Waals surface area contributed by atoms with Crippen LogP contribution in [0.5, 0.6) is 0 Å². The van der Waals surface area contributed by atoms with Gasteiger partial charge < -0.3 is 16.0 Å². The van der Waals surface area contributed by atoms with Crippen LogP contribution < -0.4 is 11.1 Å². The van der Waals surface area contributed by atoms with Crippen molar-refractivity contribution in [3.8, 4) is 11.3 Å². The fourth-order valence-corrected chi connectivity index (χ4v) is 5.38. The summed E-state index contributed by atoms with van der Waals surface area (Å²) in [6.07, 6.45) is 6.95. The number of rotatable bonds is 6. The van der Waals surface area contributed by atoms with Crippen LogP contribution in [0, 0.1) is 5.92 Å². The number of nitrogens with two attached hydrogens (primary N) is 1. The number of carbonyl (C=O) groups excluding carboxylic acids is 2. The molecule has 1 aromatic heterocycles. The van der Waals surface area contributed by atoms with Crippen molar-refractivity contribution in [2.75, 3.05) is 6.54 Å². The Morgan fingerprint density at radius 1 is 1.23 bits per heavy atom. The van der Waals surface area contributed by atoms with E-state index in [2.05, 4.69) is 14.9 Å². The molecule has 0 bridgehead atoms. The Morgan fingerprint density at radius 3 is 2.77 bits per heavy atom. The van der Waals surface area contributed by atoms with Gasteiger partial charge in [0.2, 0.25) is 11.8 Å². The number of likely N-dealkylation sites (tertiary alicyclic amines) is 1. The summed E-state index contributed by atoms with van der Waals surface area (Å²) in [5, 5.41) is 9.57. The second-order valence-electron chi connectivity index (χ2n) is 8.42. The van der Waals surface area contributed by atoms with Crippen molar-refractivity contribution in [3.63, 3.8) is 0 Å². The van der Waals surface area contributed by atoms with Gasteiger partial charge in [0.05, 0.1) is 6.04 Å². The second-order valence-corrected chi connectivity index (χ2v) is 9.47. The van der Waals surface area contributed by atoms with Crippen molar-refractivity contribution in [1.29, 1.82) is 0 Å². The number of carbonyl (C=O) groups is 2. The van der Waals surface area contributed by atoms with Crippen LogP contribution >= 0.6 is 23.1 Å². The summed E-state index contributed by atoms with van der Waals surface area (Å²) in [6.45, 7) is 0.893. The van der Waals surface area contributed by atoms with Crippen molar-refractivity contribution in [2.24, 2.45) is 11.7 Å². The van der Waals surface area contributed by atoms with E-state index in [9.17, 15) is 9.59 Å². The van der Waals surface area contributed by atoms with E-state index < -0.39 is 12.1 Å². The van der Waals surface area contributed by atoms with Crippen LogP contribution in [0.15, 0.2) is 23.6 Å². The topological polar surface area (TPSA) is 101 Å². The molecule has 9 heteroatoms. The molecule has 2 fully saturated rings. The van der Waals surface area contributed by atoms with Crippen LogP contribution in [-0.4, -0.2) is 44.9 Å². The largest absolute Gasteiger partial charge is 0.350 e. The summed E-state index contributed by atoms with van der Waals surface area (Å²) in [6, 6.07) is 4.53. The quantitative estimate of drug-likeness (QED) is 0.686. The van der Waals surface area contributed by atoms with Crippen LogP contribution in [-0.2, 0) is 16.1 Å². The van der Waals surface area contributed by atoms with E-state index >= 15 is 0 Å². The normalized spacial score (nSPS) is 20.6. The Kier molecular flexibility index (Phi) is 7.20. The summed E-state index contributed by atoms with van der Waals surface area (Å²) in [7, 11) is 0. The molecule has 166 valence electrons. The Hall–Kier alpha value is -2.03. The van der Waals surface area contributed by atoms with Gasteiger partial charge in [-0.1, -0.05) is 41.4 Å². The SMILES string of the molecule is N[C@@H](C(=O)N1CCC[C@H]1C(=O)NCc1cc(Cl)ccc1-c1csnn1)C1CCCCC1. The van der Waals surface area contributed by atoms with Crippen molar-refractivity contribution < 1.29 is 9.59 Å². The van der Waals surface area contributed by atoms with Crippen molar-refractivity contribution in [1.82, 2.24) is 19.8 Å². The van der Waals surface area contributed by atoms with Crippen molar-refractivity contribution in [2.45, 2.75) is 63.6 Å². The average molecular weight is 462 g/mol. The molecular formula is C22H28ClN5O2S. The fourth-order valence-electron chi connectivity index (χ4n) is 4.73. The van der Waals surface area contributed by atoms with E-state index in [1.165, 1.54) is 18.0 Å². The molecule has 3 N–H and O–H groups in total. The predicted octanol–water partition coefficient (Wildman–Crippen LogP) is 3.37. The zero-order valence-corrected chi connectivity index (χ0v) is 19.0. The molecule has 2 heterocycles. The molecule has 0 radical (unpaired) electrons. The molecule has 7 nitrogen and oxygen atoms in total. The minimum atomic E-state index is -0.509. The average Bonchev–Trinajstić information content (AvgIpc) is 3.49. The number of amides is 2. The zero-order chi connectivity index (χ0) is 21.8. The molecule has 0 unspecified atom stereocenters. The first-order valence-electron chi connectivity index (χ1n) is 10.9. The van der Waals surface area contributed by atoms with Gasteiger partial charge in [-0.25, -0.2) is 0 Å². The summed E-state index contributed by atoms with van der Waals surface area (Å²) < 4.78 is 3.92. The number of hydrogen-bond acceptors (Lipinski definition) is 6. The molecule has 1 aromatic carbocycles. The molecule has 2 aliphatic rings. The summed E-state index contributed by atoms with van der Waals surface area (Å²) in [4.78, 5) is 27.8. The Morgan fingerprint density at radius 2 is 2.03 bits per heavy atom. The van der Waals surface area contributed by atoms with Gasteiger partial charge in [0.15, 0.2) is 0 Å². The number of nitrogens with zero attached hydrogens (tertiary/aromatic N) is 3. The number of nitrogens with one attached hydrogen (secondary N) is 1. The van der Waals surface area contributed by atoms with Crippen LogP contribution in [0.2, 0.25) is 5.02 Å². The van der Waals surface area contributed by atoms with Crippen LogP contribution in [0.25, 0.3) is 11.3 Å². The van der Waals surface area contributed by atoms with Gasteiger partial charge in [0.25, 0.3) is 0 Å². The Balaban J connectivity index is 1.41. The lowest BCUT2D eigenvalue weighted by Gasteiger charge is -2.32. The molecule has 2 amide bonds. The lowest BCUT2D eigenvalue weighted by molar-refractivity contribution is -0.140. The molecule has 2 aromatic rings. The third kappa shape index (κ3) is 5.07. The van der Waals surface area contributed by atoms with Crippen molar-refractivity contribution in [3.05, 3.63) is 34.2 Å². The standard InChI is InChI=1S/C22H28ClN5O2S/c23-16-8-9-17(18-13-31-27-26-18)15(11-16)12-25-21(29)19-7-4-10-28(19)22(30)20(24)14-5-2-1-3-6-14/h8-9,11,13-14,19-20H,1-7,10,12,24H2,(H,25,29)/t19-,20+/m0/s1. The third-order valence-corrected chi connectivity index (χ3v) is 7.18. The van der Waals surface area contributed by atoms with Gasteiger partial charge in [0, 0.05) is 29.1 Å². The molecule has 1 aliphatic carbocycles. The number of hydrogen-bond donors (Lipinski definition) is 2. The molecule has 1 saturated heterocycles. The number of aromatic nitrogens is 2. The van der Waals surface area contributed by atoms with E-state index in [1.807, 2.05) is 17.5 Å². The highest BCUT2D eigenvalue weighted by atomic mass is 35.5. The lowest BCUT2D eigenvalue weighted by atomic mass is 9.83. The maximum absolute atomic E-state index is 13.1. The molecule has 2 atom stereocenters. The van der Waals surface area contributed by atoms with Gasteiger partial charge in [-0.3, -0.25) is 9.59 Å². The minimum Gasteiger partial charge on any atom is -0.350 e. The predicted molar refractivity (Wildman–Crippen MR) is 121 cm³/mol. The monoisotopic (exact) mass is 461 g/mol. The van der Waals surface area contributed by atoms with E-state index in [0.29, 0.717) is 24.5 Å². The Bertz CT molecular complexity index is 917. The summed E-state index contributed by atoms with van der Waals surface area (Å²) in [5.74, 6) is -0.00290. The zero-order valence-electron chi connectivity index (χ0n) is 17.4. The lowest BCUT2D eigenvalue weighted by Crippen LogP contribution is -2.53. The summed E-state index contributed by atoms with van der Waals surface area (Å²) >= 11 is 7.45. The minimum absolute atomic E-state index is 0.0819. The molecule has 1 aliphatic heterocycles. The molecule has 31 heavy (non-hydrogen) atoms. The van der Waals surface area contributed by atoms with Gasteiger partial charge in [-0.15, -0.1) is 5.10 Å². The van der Waals surface area contributed by atoms with Crippen LogP contribution in [0.3, 0.4) is 0 Å². The Labute approximate surface area is 191 Å². The maximum atomic E-state index is 13.1. The fraction of sp³-hybridized carbons (Fsp3) is 0.545. The van der Waals surface area contributed by atoms with Crippen molar-refractivity contribution >= 4 is 34.9 Å². The highest BCUT2D eigenvalue weighted by Crippen LogP contribution is 2.29. The number of halogens is 1. The van der Waals surface area contributed by atoms with Crippen LogP contribution in [0.4, 0.5) is 0 Å². The first-order chi connectivity index (χ1) is 15.0. The van der Waals surface area contributed by atoms with Gasteiger partial charge in [-0.05, 0) is 60.8 Å². The van der Waals surface area contributed by atoms with Crippen LogP contribution in [0.1, 0.15) is 50.5 Å². The maximum Gasteiger partial charge on any atom is 0.243 e. The molecular weight excluding hydrogens is 434 g/mol. The first kappa shape index (κ1) is 22.2. The van der Waals surface area contributed by atoms with E-state index in [1.54, 1.807) is 11.0 Å². The van der Waals surface area contributed by atoms with E-state index in [4.69, 9.17) is 17.3 Å². The molecule has 0 spiro atoms.